The van der Waals surface area contributed by atoms with E-state index in [0.717, 1.165) is 42.7 Å². The van der Waals surface area contributed by atoms with Gasteiger partial charge in [-0.1, -0.05) is 12.1 Å². The number of amides is 1. The van der Waals surface area contributed by atoms with Crippen molar-refractivity contribution in [2.75, 3.05) is 19.8 Å². The van der Waals surface area contributed by atoms with Crippen LogP contribution in [-0.4, -0.2) is 41.7 Å². The number of nitrogens with zero attached hydrogens (tertiary/aromatic N) is 1. The van der Waals surface area contributed by atoms with Crippen molar-refractivity contribution < 1.29 is 14.6 Å². The van der Waals surface area contributed by atoms with Gasteiger partial charge in [-0.15, -0.1) is 0 Å². The molecule has 1 N–H and O–H groups in total. The predicted molar refractivity (Wildman–Crippen MR) is 82.5 cm³/mol. The van der Waals surface area contributed by atoms with Crippen molar-refractivity contribution >= 4 is 5.91 Å². The summed E-state index contributed by atoms with van der Waals surface area (Å²) in [5.74, 6) is 0.799. The maximum atomic E-state index is 12.4. The standard InChI is InChI=1S/C17H25NO3/c1-13-6-7-14(2)16(11-13)21-12-17(20)18-9-4-3-5-15(18)8-10-19/h6-7,11,15,19H,3-5,8-10,12H2,1-2H3/t15-/m0/s1. The molecule has 21 heavy (non-hydrogen) atoms. The maximum absolute atomic E-state index is 12.4. The van der Waals surface area contributed by atoms with Crippen LogP contribution in [0.1, 0.15) is 36.8 Å². The maximum Gasteiger partial charge on any atom is 0.260 e. The third-order valence-electron chi connectivity index (χ3n) is 4.10. The lowest BCUT2D eigenvalue weighted by atomic mass is 9.99. The SMILES string of the molecule is Cc1ccc(C)c(OCC(=O)N2CCCC[C@H]2CCO)c1. The highest BCUT2D eigenvalue weighted by Gasteiger charge is 2.26. The van der Waals surface area contributed by atoms with Gasteiger partial charge in [0.25, 0.3) is 5.91 Å². The second-order valence-corrected chi connectivity index (χ2v) is 5.81. The van der Waals surface area contributed by atoms with Crippen LogP contribution >= 0.6 is 0 Å². The van der Waals surface area contributed by atoms with Gasteiger partial charge in [-0.2, -0.15) is 0 Å². The van der Waals surface area contributed by atoms with E-state index >= 15 is 0 Å². The smallest absolute Gasteiger partial charge is 0.260 e. The summed E-state index contributed by atoms with van der Waals surface area (Å²) in [5.41, 5.74) is 2.16. The Morgan fingerprint density at radius 3 is 2.95 bits per heavy atom. The second kappa shape index (κ2) is 7.46. The fourth-order valence-electron chi connectivity index (χ4n) is 2.86. The minimum absolute atomic E-state index is 0.0223. The number of aliphatic hydroxyl groups excluding tert-OH is 1. The first kappa shape index (κ1) is 15.8. The van der Waals surface area contributed by atoms with Gasteiger partial charge >= 0.3 is 0 Å². The molecule has 0 aromatic heterocycles. The number of hydrogen-bond donors (Lipinski definition) is 1. The van der Waals surface area contributed by atoms with Crippen LogP contribution in [0, 0.1) is 13.8 Å². The van der Waals surface area contributed by atoms with Gasteiger partial charge in [0, 0.05) is 19.2 Å². The molecule has 0 radical (unpaired) electrons. The van der Waals surface area contributed by atoms with Gasteiger partial charge in [0.1, 0.15) is 5.75 Å². The average Bonchev–Trinajstić information content (AvgIpc) is 2.49. The second-order valence-electron chi connectivity index (χ2n) is 5.81. The van der Waals surface area contributed by atoms with Crippen LogP contribution in [0.3, 0.4) is 0 Å². The molecule has 1 saturated heterocycles. The number of aryl methyl sites for hydroxylation is 2. The van der Waals surface area contributed by atoms with Gasteiger partial charge in [-0.25, -0.2) is 0 Å². The first-order valence-corrected chi connectivity index (χ1v) is 7.72. The quantitative estimate of drug-likeness (QED) is 0.906. The number of carbonyl (C=O) groups excluding carboxylic acids is 1. The highest BCUT2D eigenvalue weighted by molar-refractivity contribution is 5.78. The molecule has 1 aliphatic heterocycles. The summed E-state index contributed by atoms with van der Waals surface area (Å²) in [4.78, 5) is 14.3. The summed E-state index contributed by atoms with van der Waals surface area (Å²) in [6.45, 7) is 4.98. The van der Waals surface area contributed by atoms with Crippen LogP contribution in [0.5, 0.6) is 5.75 Å². The van der Waals surface area contributed by atoms with E-state index in [-0.39, 0.29) is 25.2 Å². The summed E-state index contributed by atoms with van der Waals surface area (Å²) in [5, 5.41) is 9.12. The Balaban J connectivity index is 1.95. The molecule has 0 saturated carbocycles. The lowest BCUT2D eigenvalue weighted by Crippen LogP contribution is -2.46. The van der Waals surface area contributed by atoms with Crippen LogP contribution in [0.25, 0.3) is 0 Å². The molecular weight excluding hydrogens is 266 g/mol. The zero-order valence-corrected chi connectivity index (χ0v) is 13.0. The fraction of sp³-hybridized carbons (Fsp3) is 0.588. The predicted octanol–water partition coefficient (Wildman–Crippen LogP) is 2.45. The van der Waals surface area contributed by atoms with Crippen LogP contribution in [0.15, 0.2) is 18.2 Å². The van der Waals surface area contributed by atoms with Crippen molar-refractivity contribution in [2.45, 2.75) is 45.6 Å². The summed E-state index contributed by atoms with van der Waals surface area (Å²) in [6, 6.07) is 6.17. The summed E-state index contributed by atoms with van der Waals surface area (Å²) < 4.78 is 5.71. The molecule has 1 atom stereocenters. The molecule has 1 aromatic carbocycles. The Kier molecular flexibility index (Phi) is 5.62. The van der Waals surface area contributed by atoms with Crippen LogP contribution < -0.4 is 4.74 Å². The van der Waals surface area contributed by atoms with E-state index in [9.17, 15) is 4.79 Å². The number of ether oxygens (including phenoxy) is 1. The van der Waals surface area contributed by atoms with Crippen molar-refractivity contribution in [1.82, 2.24) is 4.90 Å². The van der Waals surface area contributed by atoms with E-state index in [4.69, 9.17) is 9.84 Å². The van der Waals surface area contributed by atoms with Crippen molar-refractivity contribution in [3.05, 3.63) is 29.3 Å². The number of carbonyl (C=O) groups is 1. The van der Waals surface area contributed by atoms with Crippen molar-refractivity contribution in [2.24, 2.45) is 0 Å². The zero-order valence-electron chi connectivity index (χ0n) is 13.0. The molecule has 1 fully saturated rings. The largest absolute Gasteiger partial charge is 0.483 e. The van der Waals surface area contributed by atoms with E-state index in [1.54, 1.807) is 0 Å². The Labute approximate surface area is 126 Å². The average molecular weight is 291 g/mol. The summed E-state index contributed by atoms with van der Waals surface area (Å²) in [7, 11) is 0. The van der Waals surface area contributed by atoms with Crippen LogP contribution in [0.4, 0.5) is 0 Å². The van der Waals surface area contributed by atoms with Gasteiger partial charge in [0.15, 0.2) is 6.61 Å². The molecule has 1 aromatic rings. The highest BCUT2D eigenvalue weighted by atomic mass is 16.5. The number of piperidine rings is 1. The van der Waals surface area contributed by atoms with Gasteiger partial charge < -0.3 is 14.7 Å². The van der Waals surface area contributed by atoms with E-state index in [0.29, 0.717) is 6.42 Å². The summed E-state index contributed by atoms with van der Waals surface area (Å²) >= 11 is 0. The number of aliphatic hydroxyl groups is 1. The minimum atomic E-state index is 0.0223. The van der Waals surface area contributed by atoms with Crippen LogP contribution in [0.2, 0.25) is 0 Å². The van der Waals surface area contributed by atoms with E-state index in [2.05, 4.69) is 0 Å². The number of likely N-dealkylation sites (tertiary alicyclic amines) is 1. The molecule has 1 aliphatic rings. The molecule has 0 unspecified atom stereocenters. The van der Waals surface area contributed by atoms with E-state index < -0.39 is 0 Å². The Bertz CT molecular complexity index is 485. The normalized spacial score (nSPS) is 18.6. The van der Waals surface area contributed by atoms with E-state index in [1.165, 1.54) is 0 Å². The first-order valence-electron chi connectivity index (χ1n) is 7.72. The molecule has 0 bridgehead atoms. The summed E-state index contributed by atoms with van der Waals surface area (Å²) in [6.07, 6.45) is 3.81. The molecule has 4 heteroatoms. The molecule has 2 rings (SSSR count). The molecule has 4 nitrogen and oxygen atoms in total. The van der Waals surface area contributed by atoms with Crippen molar-refractivity contribution in [3.8, 4) is 5.75 Å². The number of rotatable bonds is 5. The minimum Gasteiger partial charge on any atom is -0.483 e. The lowest BCUT2D eigenvalue weighted by molar-refractivity contribution is -0.137. The molecule has 116 valence electrons. The van der Waals surface area contributed by atoms with E-state index in [1.807, 2.05) is 36.9 Å². The molecule has 1 amide bonds. The molecule has 0 spiro atoms. The number of benzene rings is 1. The molecule has 0 aliphatic carbocycles. The first-order chi connectivity index (χ1) is 10.1. The third kappa shape index (κ3) is 4.21. The third-order valence-corrected chi connectivity index (χ3v) is 4.10. The van der Waals surface area contributed by atoms with Gasteiger partial charge in [-0.3, -0.25) is 4.79 Å². The Morgan fingerprint density at radius 2 is 2.19 bits per heavy atom. The fourth-order valence-corrected chi connectivity index (χ4v) is 2.86. The molecule has 1 heterocycles. The Morgan fingerprint density at radius 1 is 1.38 bits per heavy atom. The lowest BCUT2D eigenvalue weighted by Gasteiger charge is -2.35. The Hall–Kier alpha value is -1.55. The molecular formula is C17H25NO3. The van der Waals surface area contributed by atoms with Crippen LogP contribution in [-0.2, 0) is 4.79 Å². The zero-order chi connectivity index (χ0) is 15.2. The van der Waals surface area contributed by atoms with Crippen molar-refractivity contribution in [3.63, 3.8) is 0 Å². The highest BCUT2D eigenvalue weighted by Crippen LogP contribution is 2.22. The van der Waals surface area contributed by atoms with Gasteiger partial charge in [0.2, 0.25) is 0 Å². The topological polar surface area (TPSA) is 49.8 Å². The van der Waals surface area contributed by atoms with Crippen molar-refractivity contribution in [1.29, 1.82) is 0 Å². The number of hydrogen-bond acceptors (Lipinski definition) is 3. The van der Waals surface area contributed by atoms with Gasteiger partial charge in [-0.05, 0) is 56.7 Å². The van der Waals surface area contributed by atoms with Gasteiger partial charge in [0.05, 0.1) is 0 Å². The monoisotopic (exact) mass is 291 g/mol.